The Hall–Kier alpha value is -1.06. The van der Waals surface area contributed by atoms with Crippen LogP contribution in [0.3, 0.4) is 0 Å². The second kappa shape index (κ2) is 5.32. The molecule has 0 radical (unpaired) electrons. The van der Waals surface area contributed by atoms with Crippen molar-refractivity contribution in [1.29, 1.82) is 0 Å². The lowest BCUT2D eigenvalue weighted by Gasteiger charge is -2.40. The third-order valence-corrected chi connectivity index (χ3v) is 3.31. The number of carbonyl (C=O) groups is 2. The molecule has 1 saturated heterocycles. The molecule has 1 fully saturated rings. The van der Waals surface area contributed by atoms with Gasteiger partial charge in [-0.25, -0.2) is 0 Å². The first-order chi connectivity index (χ1) is 7.52. The van der Waals surface area contributed by atoms with E-state index in [2.05, 4.69) is 5.32 Å². The molecule has 1 rings (SSSR count). The van der Waals surface area contributed by atoms with Crippen molar-refractivity contribution in [1.82, 2.24) is 10.2 Å². The fourth-order valence-corrected chi connectivity index (χ4v) is 2.13. The highest BCUT2D eigenvalue weighted by molar-refractivity contribution is 5.96. The Morgan fingerprint density at radius 3 is 2.50 bits per heavy atom. The predicted molar refractivity (Wildman–Crippen MR) is 62.9 cm³/mol. The Morgan fingerprint density at radius 2 is 2.00 bits per heavy atom. The molecule has 0 spiro atoms. The average molecular weight is 226 g/mol. The van der Waals surface area contributed by atoms with Crippen LogP contribution in [0.1, 0.15) is 47.0 Å². The summed E-state index contributed by atoms with van der Waals surface area (Å²) in [4.78, 5) is 25.7. The van der Waals surface area contributed by atoms with Crippen molar-refractivity contribution in [2.24, 2.45) is 0 Å². The van der Waals surface area contributed by atoms with Crippen LogP contribution < -0.4 is 5.32 Å². The van der Waals surface area contributed by atoms with Crippen molar-refractivity contribution in [3.63, 3.8) is 0 Å². The molecule has 1 aliphatic heterocycles. The van der Waals surface area contributed by atoms with Crippen molar-refractivity contribution < 1.29 is 9.59 Å². The van der Waals surface area contributed by atoms with Crippen LogP contribution in [0.2, 0.25) is 0 Å². The molecule has 1 N–H and O–H groups in total. The highest BCUT2D eigenvalue weighted by Gasteiger charge is 2.39. The summed E-state index contributed by atoms with van der Waals surface area (Å²) in [5.41, 5.74) is 0. The summed E-state index contributed by atoms with van der Waals surface area (Å²) < 4.78 is 0. The Bertz CT molecular complexity index is 278. The third-order valence-electron chi connectivity index (χ3n) is 3.31. The van der Waals surface area contributed by atoms with Gasteiger partial charge in [-0.15, -0.1) is 0 Å². The molecule has 1 heterocycles. The van der Waals surface area contributed by atoms with Gasteiger partial charge in [0.2, 0.25) is 11.8 Å². The van der Waals surface area contributed by atoms with Crippen LogP contribution in [0.15, 0.2) is 0 Å². The minimum absolute atomic E-state index is 0.0293. The minimum atomic E-state index is -0.337. The van der Waals surface area contributed by atoms with Gasteiger partial charge in [-0.3, -0.25) is 9.59 Å². The molecule has 3 atom stereocenters. The molecule has 0 aromatic rings. The molecule has 0 aromatic carbocycles. The summed E-state index contributed by atoms with van der Waals surface area (Å²) in [6.07, 6.45) is 2.51. The quantitative estimate of drug-likeness (QED) is 0.785. The summed E-state index contributed by atoms with van der Waals surface area (Å²) in [5, 5.41) is 2.80. The fourth-order valence-electron chi connectivity index (χ4n) is 2.13. The topological polar surface area (TPSA) is 49.4 Å². The Morgan fingerprint density at radius 1 is 1.38 bits per heavy atom. The summed E-state index contributed by atoms with van der Waals surface area (Å²) in [5.74, 6) is 0.0432. The zero-order valence-corrected chi connectivity index (χ0v) is 10.6. The summed E-state index contributed by atoms with van der Waals surface area (Å²) in [6.45, 7) is 7.84. The van der Waals surface area contributed by atoms with Crippen molar-refractivity contribution in [2.45, 2.75) is 65.1 Å². The van der Waals surface area contributed by atoms with E-state index >= 15 is 0 Å². The van der Waals surface area contributed by atoms with Gasteiger partial charge in [0, 0.05) is 6.04 Å². The first-order valence-corrected chi connectivity index (χ1v) is 6.15. The molecule has 3 unspecified atom stereocenters. The fraction of sp³-hybridized carbons (Fsp3) is 0.833. The molecule has 0 saturated carbocycles. The third kappa shape index (κ3) is 2.36. The van der Waals surface area contributed by atoms with E-state index in [4.69, 9.17) is 0 Å². The zero-order valence-electron chi connectivity index (χ0n) is 10.6. The van der Waals surface area contributed by atoms with Gasteiger partial charge in [-0.1, -0.05) is 20.3 Å². The van der Waals surface area contributed by atoms with E-state index in [-0.39, 0.29) is 29.9 Å². The Labute approximate surface area is 97.4 Å². The Kier molecular flexibility index (Phi) is 4.33. The lowest BCUT2D eigenvalue weighted by Crippen LogP contribution is -2.64. The number of carbonyl (C=O) groups excluding carboxylic acids is 2. The average Bonchev–Trinajstić information content (AvgIpc) is 2.26. The molecule has 1 aliphatic rings. The van der Waals surface area contributed by atoms with Crippen LogP contribution in [-0.4, -0.2) is 34.8 Å². The van der Waals surface area contributed by atoms with Gasteiger partial charge in [-0.2, -0.15) is 0 Å². The van der Waals surface area contributed by atoms with E-state index in [0.717, 1.165) is 19.3 Å². The summed E-state index contributed by atoms with van der Waals surface area (Å²) in [7, 11) is 0. The van der Waals surface area contributed by atoms with E-state index in [1.165, 1.54) is 0 Å². The number of hydrogen-bond acceptors (Lipinski definition) is 2. The van der Waals surface area contributed by atoms with Crippen LogP contribution in [0, 0.1) is 0 Å². The number of amides is 2. The molecule has 0 bridgehead atoms. The number of nitrogens with one attached hydrogen (secondary N) is 1. The lowest BCUT2D eigenvalue weighted by molar-refractivity contribution is -0.151. The first kappa shape index (κ1) is 13.0. The predicted octanol–water partition coefficient (Wildman–Crippen LogP) is 1.30. The number of rotatable bonds is 4. The molecular weight excluding hydrogens is 204 g/mol. The molecule has 4 nitrogen and oxygen atoms in total. The maximum atomic E-state index is 12.2. The number of hydrogen-bond donors (Lipinski definition) is 1. The van der Waals surface area contributed by atoms with Gasteiger partial charge in [0.25, 0.3) is 0 Å². The first-order valence-electron chi connectivity index (χ1n) is 6.15. The van der Waals surface area contributed by atoms with Crippen molar-refractivity contribution in [2.75, 3.05) is 0 Å². The van der Waals surface area contributed by atoms with Crippen LogP contribution >= 0.6 is 0 Å². The second-order valence-corrected chi connectivity index (χ2v) is 4.53. The summed E-state index contributed by atoms with van der Waals surface area (Å²) in [6, 6.07) is -0.522. The van der Waals surface area contributed by atoms with Crippen molar-refractivity contribution >= 4 is 11.8 Å². The van der Waals surface area contributed by atoms with E-state index in [1.807, 2.05) is 20.8 Å². The maximum absolute atomic E-state index is 12.2. The molecule has 0 aromatic heterocycles. The molecular formula is C12H22N2O2. The van der Waals surface area contributed by atoms with Crippen molar-refractivity contribution in [3.8, 4) is 0 Å². The molecule has 4 heteroatoms. The second-order valence-electron chi connectivity index (χ2n) is 4.53. The summed E-state index contributed by atoms with van der Waals surface area (Å²) >= 11 is 0. The number of piperazine rings is 1. The minimum Gasteiger partial charge on any atom is -0.343 e. The van der Waals surface area contributed by atoms with Crippen LogP contribution in [-0.2, 0) is 9.59 Å². The van der Waals surface area contributed by atoms with E-state index in [1.54, 1.807) is 11.8 Å². The highest BCUT2D eigenvalue weighted by atomic mass is 16.2. The van der Waals surface area contributed by atoms with E-state index < -0.39 is 0 Å². The molecule has 16 heavy (non-hydrogen) atoms. The molecule has 0 aliphatic carbocycles. The van der Waals surface area contributed by atoms with Gasteiger partial charge in [0.05, 0.1) is 0 Å². The number of nitrogens with zero attached hydrogens (tertiary/aromatic N) is 1. The van der Waals surface area contributed by atoms with E-state index in [0.29, 0.717) is 0 Å². The normalized spacial score (nSPS) is 27.9. The van der Waals surface area contributed by atoms with Gasteiger partial charge >= 0.3 is 0 Å². The van der Waals surface area contributed by atoms with Crippen LogP contribution in [0.4, 0.5) is 0 Å². The van der Waals surface area contributed by atoms with Crippen molar-refractivity contribution in [3.05, 3.63) is 0 Å². The van der Waals surface area contributed by atoms with Gasteiger partial charge < -0.3 is 10.2 Å². The van der Waals surface area contributed by atoms with Gasteiger partial charge in [-0.05, 0) is 26.7 Å². The van der Waals surface area contributed by atoms with Gasteiger partial charge in [0.1, 0.15) is 12.1 Å². The van der Waals surface area contributed by atoms with E-state index in [9.17, 15) is 9.59 Å². The molecule has 2 amide bonds. The Balaban J connectivity index is 2.86. The highest BCUT2D eigenvalue weighted by Crippen LogP contribution is 2.17. The standard InChI is InChI=1S/C12H22N2O2/c1-5-7-10-12(16)14(8(3)6-2)9(4)11(15)13-10/h8-10H,5-7H2,1-4H3,(H,13,15). The van der Waals surface area contributed by atoms with Crippen LogP contribution in [0.25, 0.3) is 0 Å². The van der Waals surface area contributed by atoms with Crippen LogP contribution in [0.5, 0.6) is 0 Å². The monoisotopic (exact) mass is 226 g/mol. The zero-order chi connectivity index (χ0) is 12.3. The maximum Gasteiger partial charge on any atom is 0.246 e. The smallest absolute Gasteiger partial charge is 0.246 e. The lowest BCUT2D eigenvalue weighted by atomic mass is 10.0. The molecule has 92 valence electrons. The SMILES string of the molecule is CCCC1NC(=O)C(C)N(C(C)CC)C1=O. The van der Waals surface area contributed by atoms with Gasteiger partial charge in [0.15, 0.2) is 0 Å². The largest absolute Gasteiger partial charge is 0.343 e.